The Kier molecular flexibility index (Phi) is 3.04. The summed E-state index contributed by atoms with van der Waals surface area (Å²) in [6, 6.07) is -0.522. The van der Waals surface area contributed by atoms with E-state index in [1.807, 2.05) is 6.92 Å². The first-order chi connectivity index (χ1) is 5.74. The van der Waals surface area contributed by atoms with Crippen molar-refractivity contribution in [1.82, 2.24) is 10.6 Å². The van der Waals surface area contributed by atoms with Crippen LogP contribution in [0.25, 0.3) is 0 Å². The van der Waals surface area contributed by atoms with E-state index >= 15 is 0 Å². The minimum absolute atomic E-state index is 0.0709. The molecule has 0 aliphatic carbocycles. The Morgan fingerprint density at radius 1 is 1.58 bits per heavy atom. The number of piperazine rings is 1. The Labute approximate surface area is 70.5 Å². The molecule has 0 aromatic heterocycles. The standard InChI is InChI=1S/C7H12N2O3/c1-2-12-4-5-7(11)8-3-6(10)9-5/h5H,2-4H2,1H3,(H,8,11)(H,9,10). The van der Waals surface area contributed by atoms with Crippen molar-refractivity contribution in [3.63, 3.8) is 0 Å². The molecule has 2 amide bonds. The average molecular weight is 172 g/mol. The van der Waals surface area contributed by atoms with Gasteiger partial charge in [0.15, 0.2) is 0 Å². The molecular formula is C7H12N2O3. The van der Waals surface area contributed by atoms with E-state index in [1.165, 1.54) is 0 Å². The fourth-order valence-electron chi connectivity index (χ4n) is 0.955. The summed E-state index contributed by atoms with van der Waals surface area (Å²) >= 11 is 0. The lowest BCUT2D eigenvalue weighted by atomic mass is 10.2. The Morgan fingerprint density at radius 3 is 3.00 bits per heavy atom. The van der Waals surface area contributed by atoms with E-state index < -0.39 is 6.04 Å². The third kappa shape index (κ3) is 2.20. The van der Waals surface area contributed by atoms with Gasteiger partial charge in [-0.1, -0.05) is 0 Å². The number of carbonyl (C=O) groups excluding carboxylic acids is 2. The number of rotatable bonds is 3. The maximum atomic E-state index is 11.0. The fourth-order valence-corrected chi connectivity index (χ4v) is 0.955. The summed E-state index contributed by atoms with van der Waals surface area (Å²) < 4.78 is 5.02. The van der Waals surface area contributed by atoms with Crippen LogP contribution in [0.5, 0.6) is 0 Å². The predicted octanol–water partition coefficient (Wildman–Crippen LogP) is -1.36. The number of nitrogens with one attached hydrogen (secondary N) is 2. The molecule has 1 rings (SSSR count). The molecule has 1 fully saturated rings. The van der Waals surface area contributed by atoms with Crippen molar-refractivity contribution in [2.75, 3.05) is 19.8 Å². The van der Waals surface area contributed by atoms with Crippen LogP contribution in [-0.2, 0) is 14.3 Å². The smallest absolute Gasteiger partial charge is 0.245 e. The van der Waals surface area contributed by atoms with Gasteiger partial charge in [-0.25, -0.2) is 0 Å². The quantitative estimate of drug-likeness (QED) is 0.552. The molecule has 0 saturated carbocycles. The molecule has 0 aromatic rings. The van der Waals surface area contributed by atoms with Crippen LogP contribution in [0, 0.1) is 0 Å². The molecule has 12 heavy (non-hydrogen) atoms. The third-order valence-electron chi connectivity index (χ3n) is 1.56. The van der Waals surface area contributed by atoms with Crippen LogP contribution in [0.15, 0.2) is 0 Å². The topological polar surface area (TPSA) is 67.4 Å². The molecule has 1 saturated heterocycles. The van der Waals surface area contributed by atoms with Gasteiger partial charge in [-0.05, 0) is 6.92 Å². The van der Waals surface area contributed by atoms with Gasteiger partial charge in [0.25, 0.3) is 0 Å². The largest absolute Gasteiger partial charge is 0.379 e. The maximum absolute atomic E-state index is 11.0. The second kappa shape index (κ2) is 4.06. The van der Waals surface area contributed by atoms with Gasteiger partial charge in [-0.15, -0.1) is 0 Å². The Morgan fingerprint density at radius 2 is 2.33 bits per heavy atom. The van der Waals surface area contributed by atoms with E-state index in [2.05, 4.69) is 10.6 Å². The summed E-state index contributed by atoms with van der Waals surface area (Å²) in [4.78, 5) is 21.8. The second-order valence-electron chi connectivity index (χ2n) is 2.50. The molecule has 5 nitrogen and oxygen atoms in total. The van der Waals surface area contributed by atoms with Crippen molar-refractivity contribution < 1.29 is 14.3 Å². The van der Waals surface area contributed by atoms with Gasteiger partial charge in [0.2, 0.25) is 11.8 Å². The Hall–Kier alpha value is -1.10. The summed E-state index contributed by atoms with van der Waals surface area (Å²) in [5, 5.41) is 4.98. The molecule has 1 unspecified atom stereocenters. The van der Waals surface area contributed by atoms with Crippen LogP contribution in [0.2, 0.25) is 0 Å². The minimum Gasteiger partial charge on any atom is -0.379 e. The first-order valence-corrected chi connectivity index (χ1v) is 3.89. The number of hydrogen-bond donors (Lipinski definition) is 2. The molecule has 1 atom stereocenters. The van der Waals surface area contributed by atoms with Crippen LogP contribution in [0.4, 0.5) is 0 Å². The minimum atomic E-state index is -0.522. The van der Waals surface area contributed by atoms with Crippen molar-refractivity contribution in [1.29, 1.82) is 0 Å². The Bertz CT molecular complexity index is 193. The molecule has 2 N–H and O–H groups in total. The van der Waals surface area contributed by atoms with E-state index in [0.29, 0.717) is 6.61 Å². The molecular weight excluding hydrogens is 160 g/mol. The number of hydrogen-bond acceptors (Lipinski definition) is 3. The van der Waals surface area contributed by atoms with Crippen molar-refractivity contribution >= 4 is 11.8 Å². The second-order valence-corrected chi connectivity index (χ2v) is 2.50. The predicted molar refractivity (Wildman–Crippen MR) is 41.4 cm³/mol. The number of ether oxygens (including phenoxy) is 1. The highest BCUT2D eigenvalue weighted by molar-refractivity contribution is 5.94. The van der Waals surface area contributed by atoms with Gasteiger partial charge in [-0.2, -0.15) is 0 Å². The van der Waals surface area contributed by atoms with Crippen LogP contribution in [0.3, 0.4) is 0 Å². The van der Waals surface area contributed by atoms with Crippen molar-refractivity contribution in [3.05, 3.63) is 0 Å². The van der Waals surface area contributed by atoms with E-state index in [-0.39, 0.29) is 25.0 Å². The van der Waals surface area contributed by atoms with E-state index in [9.17, 15) is 9.59 Å². The van der Waals surface area contributed by atoms with Crippen molar-refractivity contribution in [2.24, 2.45) is 0 Å². The average Bonchev–Trinajstić information content (AvgIpc) is 2.07. The molecule has 0 aromatic carbocycles. The number of amides is 2. The third-order valence-corrected chi connectivity index (χ3v) is 1.56. The van der Waals surface area contributed by atoms with Gasteiger partial charge < -0.3 is 15.4 Å². The molecule has 1 aliphatic rings. The highest BCUT2D eigenvalue weighted by atomic mass is 16.5. The summed E-state index contributed by atoms with van der Waals surface area (Å²) in [5.74, 6) is -0.345. The maximum Gasteiger partial charge on any atom is 0.245 e. The van der Waals surface area contributed by atoms with Crippen LogP contribution >= 0.6 is 0 Å². The van der Waals surface area contributed by atoms with Gasteiger partial charge in [-0.3, -0.25) is 9.59 Å². The van der Waals surface area contributed by atoms with Gasteiger partial charge in [0.05, 0.1) is 13.2 Å². The van der Waals surface area contributed by atoms with Gasteiger partial charge in [0.1, 0.15) is 6.04 Å². The molecule has 5 heteroatoms. The molecule has 68 valence electrons. The zero-order chi connectivity index (χ0) is 8.97. The monoisotopic (exact) mass is 172 g/mol. The highest BCUT2D eigenvalue weighted by Crippen LogP contribution is 1.91. The molecule has 1 heterocycles. The first kappa shape index (κ1) is 8.99. The molecule has 1 aliphatic heterocycles. The summed E-state index contributed by atoms with van der Waals surface area (Å²) in [7, 11) is 0. The lowest BCUT2D eigenvalue weighted by Crippen LogP contribution is -2.57. The van der Waals surface area contributed by atoms with Crippen LogP contribution in [-0.4, -0.2) is 37.6 Å². The van der Waals surface area contributed by atoms with Crippen LogP contribution in [0.1, 0.15) is 6.92 Å². The molecule has 0 radical (unpaired) electrons. The lowest BCUT2D eigenvalue weighted by molar-refractivity contribution is -0.135. The lowest BCUT2D eigenvalue weighted by Gasteiger charge is -2.22. The summed E-state index contributed by atoms with van der Waals surface area (Å²) in [6.45, 7) is 2.69. The number of carbonyl (C=O) groups is 2. The summed E-state index contributed by atoms with van der Waals surface area (Å²) in [6.07, 6.45) is 0. The normalized spacial score (nSPS) is 23.2. The van der Waals surface area contributed by atoms with E-state index in [1.54, 1.807) is 0 Å². The zero-order valence-corrected chi connectivity index (χ0v) is 6.92. The Balaban J connectivity index is 2.38. The van der Waals surface area contributed by atoms with Gasteiger partial charge in [0, 0.05) is 6.61 Å². The fraction of sp³-hybridized carbons (Fsp3) is 0.714. The van der Waals surface area contributed by atoms with Gasteiger partial charge >= 0.3 is 0 Å². The summed E-state index contributed by atoms with van der Waals surface area (Å²) in [5.41, 5.74) is 0. The van der Waals surface area contributed by atoms with Crippen molar-refractivity contribution in [2.45, 2.75) is 13.0 Å². The highest BCUT2D eigenvalue weighted by Gasteiger charge is 2.25. The molecule has 0 bridgehead atoms. The zero-order valence-electron chi connectivity index (χ0n) is 6.92. The van der Waals surface area contributed by atoms with E-state index in [4.69, 9.17) is 4.74 Å². The van der Waals surface area contributed by atoms with E-state index in [0.717, 1.165) is 0 Å². The first-order valence-electron chi connectivity index (χ1n) is 3.89. The molecule has 0 spiro atoms. The van der Waals surface area contributed by atoms with Crippen LogP contribution < -0.4 is 10.6 Å². The van der Waals surface area contributed by atoms with Crippen molar-refractivity contribution in [3.8, 4) is 0 Å². The SMILES string of the molecule is CCOCC1NC(=O)CNC1=O.